The highest BCUT2D eigenvalue weighted by molar-refractivity contribution is 4.91. The highest BCUT2D eigenvalue weighted by atomic mass is 15.1. The molecule has 1 aliphatic carbocycles. The molecule has 0 aliphatic heterocycles. The molecule has 0 spiro atoms. The maximum atomic E-state index is 2.48. The summed E-state index contributed by atoms with van der Waals surface area (Å²) >= 11 is 0. The van der Waals surface area contributed by atoms with Crippen LogP contribution >= 0.6 is 0 Å². The lowest BCUT2D eigenvalue weighted by molar-refractivity contribution is 0.0251. The molecule has 1 aliphatic rings. The van der Waals surface area contributed by atoms with E-state index in [2.05, 4.69) is 46.7 Å². The second-order valence-electron chi connectivity index (χ2n) is 6.20. The van der Waals surface area contributed by atoms with Gasteiger partial charge in [-0.1, -0.05) is 27.7 Å². The van der Waals surface area contributed by atoms with Crippen LogP contribution in [0, 0.1) is 23.2 Å². The third-order valence-electron chi connectivity index (χ3n) is 4.22. The maximum absolute atomic E-state index is 2.48. The molecule has 0 N–H and O–H groups in total. The van der Waals surface area contributed by atoms with Crippen molar-refractivity contribution in [2.45, 2.75) is 40.5 Å². The standard InChI is InChI=1S/C13H27N/c1-10-7-11(2)12(3)13(4,8-10)9-14(5)6/h10-12H,7-9H2,1-6H3/t10-,11+,12+,13-/m1/s1. The molecule has 0 aromatic heterocycles. The average molecular weight is 197 g/mol. The van der Waals surface area contributed by atoms with E-state index in [4.69, 9.17) is 0 Å². The SMILES string of the molecule is C[C@@H]1C[C@H](C)[C@H](C)[C@@](C)(CN(C)C)C1. The molecule has 1 nitrogen and oxygen atoms in total. The number of nitrogens with zero attached hydrogens (tertiary/aromatic N) is 1. The molecule has 4 atom stereocenters. The lowest BCUT2D eigenvalue weighted by Gasteiger charge is -2.47. The predicted molar refractivity (Wildman–Crippen MR) is 63.4 cm³/mol. The zero-order valence-corrected chi connectivity index (χ0v) is 10.8. The second-order valence-corrected chi connectivity index (χ2v) is 6.20. The van der Waals surface area contributed by atoms with Crippen molar-refractivity contribution in [2.75, 3.05) is 20.6 Å². The largest absolute Gasteiger partial charge is 0.309 e. The first-order valence-corrected chi connectivity index (χ1v) is 6.00. The Kier molecular flexibility index (Phi) is 3.63. The Morgan fingerprint density at radius 1 is 1.21 bits per heavy atom. The van der Waals surface area contributed by atoms with E-state index in [0.29, 0.717) is 5.41 Å². The summed E-state index contributed by atoms with van der Waals surface area (Å²) < 4.78 is 0. The predicted octanol–water partition coefficient (Wildman–Crippen LogP) is 3.26. The van der Waals surface area contributed by atoms with E-state index in [1.165, 1.54) is 19.4 Å². The first-order valence-electron chi connectivity index (χ1n) is 6.00. The third-order valence-corrected chi connectivity index (χ3v) is 4.22. The smallest absolute Gasteiger partial charge is 0.00320 e. The van der Waals surface area contributed by atoms with Crippen molar-refractivity contribution in [2.24, 2.45) is 23.2 Å². The van der Waals surface area contributed by atoms with Gasteiger partial charge in [0.1, 0.15) is 0 Å². The summed E-state index contributed by atoms with van der Waals surface area (Å²) in [6, 6.07) is 0. The molecule has 0 aromatic carbocycles. The molecule has 0 saturated heterocycles. The minimum Gasteiger partial charge on any atom is -0.309 e. The minimum absolute atomic E-state index is 0.528. The Bertz CT molecular complexity index is 184. The fourth-order valence-corrected chi connectivity index (χ4v) is 3.52. The van der Waals surface area contributed by atoms with Crippen LogP contribution in [0.1, 0.15) is 40.5 Å². The Labute approximate surface area is 89.9 Å². The van der Waals surface area contributed by atoms with Gasteiger partial charge < -0.3 is 4.90 Å². The van der Waals surface area contributed by atoms with Crippen molar-refractivity contribution in [3.63, 3.8) is 0 Å². The van der Waals surface area contributed by atoms with Gasteiger partial charge in [-0.25, -0.2) is 0 Å². The molecule has 1 rings (SSSR count). The summed E-state index contributed by atoms with van der Waals surface area (Å²) in [5.74, 6) is 2.66. The number of hydrogen-bond donors (Lipinski definition) is 0. The highest BCUT2D eigenvalue weighted by Crippen LogP contribution is 2.46. The van der Waals surface area contributed by atoms with Gasteiger partial charge in [0.05, 0.1) is 0 Å². The van der Waals surface area contributed by atoms with Crippen LogP contribution in [-0.2, 0) is 0 Å². The third kappa shape index (κ3) is 2.50. The molecule has 1 saturated carbocycles. The second kappa shape index (κ2) is 4.22. The van der Waals surface area contributed by atoms with Crippen molar-refractivity contribution in [1.29, 1.82) is 0 Å². The van der Waals surface area contributed by atoms with E-state index < -0.39 is 0 Å². The summed E-state index contributed by atoms with van der Waals surface area (Å²) in [6.45, 7) is 11.0. The Morgan fingerprint density at radius 3 is 2.29 bits per heavy atom. The van der Waals surface area contributed by atoms with Gasteiger partial charge in [0.25, 0.3) is 0 Å². The first kappa shape index (κ1) is 12.0. The van der Waals surface area contributed by atoms with Gasteiger partial charge >= 0.3 is 0 Å². The van der Waals surface area contributed by atoms with Crippen molar-refractivity contribution in [3.8, 4) is 0 Å². The van der Waals surface area contributed by atoms with Gasteiger partial charge in [-0.05, 0) is 50.1 Å². The van der Waals surface area contributed by atoms with Crippen LogP contribution in [0.4, 0.5) is 0 Å². The molecule has 0 unspecified atom stereocenters. The van der Waals surface area contributed by atoms with Gasteiger partial charge in [-0.15, -0.1) is 0 Å². The summed E-state index contributed by atoms with van der Waals surface area (Å²) in [6.07, 6.45) is 2.82. The van der Waals surface area contributed by atoms with E-state index in [1.54, 1.807) is 0 Å². The molecular formula is C13H27N. The molecule has 0 heterocycles. The van der Waals surface area contributed by atoms with Gasteiger partial charge in [0.2, 0.25) is 0 Å². The van der Waals surface area contributed by atoms with Crippen molar-refractivity contribution >= 4 is 0 Å². The van der Waals surface area contributed by atoms with Crippen molar-refractivity contribution in [3.05, 3.63) is 0 Å². The Hall–Kier alpha value is -0.0400. The molecule has 84 valence electrons. The number of rotatable bonds is 2. The fraction of sp³-hybridized carbons (Fsp3) is 1.00. The fourth-order valence-electron chi connectivity index (χ4n) is 3.52. The Balaban J connectivity index is 2.72. The monoisotopic (exact) mass is 197 g/mol. The van der Waals surface area contributed by atoms with Crippen LogP contribution in [0.3, 0.4) is 0 Å². The zero-order chi connectivity index (χ0) is 10.9. The summed E-state index contributed by atoms with van der Waals surface area (Å²) in [5.41, 5.74) is 0.528. The van der Waals surface area contributed by atoms with E-state index in [1.807, 2.05) is 0 Å². The van der Waals surface area contributed by atoms with Gasteiger partial charge in [0, 0.05) is 6.54 Å². The van der Waals surface area contributed by atoms with E-state index in [-0.39, 0.29) is 0 Å². The van der Waals surface area contributed by atoms with Crippen LogP contribution in [0.2, 0.25) is 0 Å². The lowest BCUT2D eigenvalue weighted by Crippen LogP contribution is -2.43. The van der Waals surface area contributed by atoms with Gasteiger partial charge in [0.15, 0.2) is 0 Å². The van der Waals surface area contributed by atoms with Crippen molar-refractivity contribution < 1.29 is 0 Å². The molecule has 14 heavy (non-hydrogen) atoms. The van der Waals surface area contributed by atoms with E-state index >= 15 is 0 Å². The van der Waals surface area contributed by atoms with Crippen LogP contribution in [0.15, 0.2) is 0 Å². The molecule has 0 radical (unpaired) electrons. The quantitative estimate of drug-likeness (QED) is 0.657. The van der Waals surface area contributed by atoms with E-state index in [0.717, 1.165) is 17.8 Å². The summed E-state index contributed by atoms with van der Waals surface area (Å²) in [4.78, 5) is 2.35. The molecule has 0 bridgehead atoms. The van der Waals surface area contributed by atoms with E-state index in [9.17, 15) is 0 Å². The molecule has 0 aromatic rings. The van der Waals surface area contributed by atoms with Crippen LogP contribution in [-0.4, -0.2) is 25.5 Å². The molecule has 0 amide bonds. The van der Waals surface area contributed by atoms with Crippen LogP contribution in [0.5, 0.6) is 0 Å². The highest BCUT2D eigenvalue weighted by Gasteiger charge is 2.40. The van der Waals surface area contributed by atoms with Crippen LogP contribution < -0.4 is 0 Å². The van der Waals surface area contributed by atoms with Crippen LogP contribution in [0.25, 0.3) is 0 Å². The summed E-state index contributed by atoms with van der Waals surface area (Å²) in [7, 11) is 4.39. The normalized spacial score (nSPS) is 44.4. The zero-order valence-electron chi connectivity index (χ0n) is 10.8. The summed E-state index contributed by atoms with van der Waals surface area (Å²) in [5, 5.41) is 0. The van der Waals surface area contributed by atoms with Crippen molar-refractivity contribution in [1.82, 2.24) is 4.90 Å². The Morgan fingerprint density at radius 2 is 1.79 bits per heavy atom. The number of hydrogen-bond acceptors (Lipinski definition) is 1. The first-order chi connectivity index (χ1) is 6.35. The molecular weight excluding hydrogens is 170 g/mol. The maximum Gasteiger partial charge on any atom is 0.00320 e. The minimum atomic E-state index is 0.528. The van der Waals surface area contributed by atoms with Gasteiger partial charge in [-0.2, -0.15) is 0 Å². The molecule has 1 fully saturated rings. The average Bonchev–Trinajstić information content (AvgIpc) is 1.98. The molecule has 1 heteroatoms. The topological polar surface area (TPSA) is 3.24 Å². The lowest BCUT2D eigenvalue weighted by atomic mass is 9.60. The van der Waals surface area contributed by atoms with Gasteiger partial charge in [-0.3, -0.25) is 0 Å².